The number of aryl methyl sites for hydroxylation is 3. The number of pyridine rings is 1. The van der Waals surface area contributed by atoms with Crippen molar-refractivity contribution < 1.29 is 39.9 Å². The Labute approximate surface area is 377 Å². The lowest BCUT2D eigenvalue weighted by Crippen LogP contribution is -2.38. The van der Waals surface area contributed by atoms with Crippen LogP contribution in [0.1, 0.15) is 66.7 Å². The molecule has 0 amide bonds. The van der Waals surface area contributed by atoms with Crippen LogP contribution in [-0.4, -0.2) is 54.5 Å². The van der Waals surface area contributed by atoms with Crippen molar-refractivity contribution in [2.45, 2.75) is 82.1 Å². The molecule has 346 valence electrons. The number of hydrogen-bond acceptors (Lipinski definition) is 7. The van der Waals surface area contributed by atoms with Gasteiger partial charge < -0.3 is 11.1 Å². The van der Waals surface area contributed by atoms with Gasteiger partial charge in [-0.15, -0.1) is 0 Å². The number of fused-ring (bicyclic) bond motifs is 4. The van der Waals surface area contributed by atoms with Gasteiger partial charge in [0.25, 0.3) is 24.3 Å². The highest BCUT2D eigenvalue weighted by atomic mass is 19.3. The lowest BCUT2D eigenvalue weighted by atomic mass is 9.78. The SMILES string of the molecule is Cc1ccc(-n2c(C3(Cc4cc(F)cc(F)c4)C4CC43CC(=O)CNC3=C(/C(=C\C4CC4)C(F)F)[C@@]4(N)C[C@H]4C3(F)F)nc3nc(-c4cccc(C(F)F)c4)ccc3c2=O)c2c1c(C)nn2C. The Morgan fingerprint density at radius 1 is 0.955 bits per heavy atom. The van der Waals surface area contributed by atoms with E-state index >= 15 is 22.4 Å². The lowest BCUT2D eigenvalue weighted by molar-refractivity contribution is -0.119. The van der Waals surface area contributed by atoms with E-state index in [4.69, 9.17) is 15.7 Å². The second-order valence-corrected chi connectivity index (χ2v) is 19.2. The number of nitrogens with zero attached hydrogens (tertiary/aromatic N) is 5. The fourth-order valence-corrected chi connectivity index (χ4v) is 11.6. The Balaban J connectivity index is 1.06. The summed E-state index contributed by atoms with van der Waals surface area (Å²) in [5.41, 5.74) is 3.13. The maximum atomic E-state index is 16.0. The summed E-state index contributed by atoms with van der Waals surface area (Å²) in [7, 11) is 1.72. The van der Waals surface area contributed by atoms with E-state index in [-0.39, 0.29) is 64.4 Å². The molecule has 4 saturated carbocycles. The summed E-state index contributed by atoms with van der Waals surface area (Å²) in [6.45, 7) is 3.07. The van der Waals surface area contributed by atoms with E-state index in [1.165, 1.54) is 41.0 Å². The number of ketones is 1. The summed E-state index contributed by atoms with van der Waals surface area (Å²) in [6, 6.07) is 15.3. The number of hydrogen-bond donors (Lipinski definition) is 2. The van der Waals surface area contributed by atoms with Crippen molar-refractivity contribution in [3.63, 3.8) is 0 Å². The molecule has 17 heteroatoms. The summed E-state index contributed by atoms with van der Waals surface area (Å²) in [6.07, 6.45) is -3.38. The largest absolute Gasteiger partial charge is 0.376 e. The van der Waals surface area contributed by atoms with Crippen molar-refractivity contribution in [3.05, 3.63) is 140 Å². The van der Waals surface area contributed by atoms with E-state index in [1.54, 1.807) is 23.9 Å². The average molecular weight is 926 g/mol. The third-order valence-electron chi connectivity index (χ3n) is 15.1. The number of Topliss-reactive ketones (excluding diaryl/α,β-unsaturated/α-hetero) is 1. The van der Waals surface area contributed by atoms with Crippen molar-refractivity contribution >= 4 is 27.7 Å². The zero-order chi connectivity index (χ0) is 47.3. The highest BCUT2D eigenvalue weighted by molar-refractivity contribution is 5.93. The standard InChI is InChI=1S/C50H43F8N7O2/c1-23-7-12-35(40-38(23)24(2)63-64(40)3)65-45(67)32-10-11-34(27-5-4-6-28(16-27)42(53)54)61-44(32)62-46(65)48(18-26-13-29(51)17-30(52)14-26)36-20-47(36,48)19-31(66)22-60-41-39(33(43(55)56)15-25-8-9-25)49(59)21-37(49)50(41,57)58/h4-7,10-17,25,36-37,42-43,60H,8-9,18-22,59H2,1-3H3/b33-15+/t36?,37-,47?,48?,49-/m1/s1. The Morgan fingerprint density at radius 3 is 2.39 bits per heavy atom. The second kappa shape index (κ2) is 14.6. The van der Waals surface area contributed by atoms with E-state index in [1.807, 2.05) is 19.9 Å². The lowest BCUT2D eigenvalue weighted by Gasteiger charge is -2.30. The minimum absolute atomic E-state index is 0.0497. The molecule has 0 aliphatic heterocycles. The molecule has 0 radical (unpaired) electrons. The molecule has 67 heavy (non-hydrogen) atoms. The summed E-state index contributed by atoms with van der Waals surface area (Å²) in [5, 5.41) is 8.05. The van der Waals surface area contributed by atoms with Crippen LogP contribution in [0.2, 0.25) is 0 Å². The molecule has 0 bridgehead atoms. The van der Waals surface area contributed by atoms with Crippen LogP contribution in [0.5, 0.6) is 0 Å². The number of halogens is 8. The Hall–Kier alpha value is -6.23. The summed E-state index contributed by atoms with van der Waals surface area (Å²) < 4.78 is 122. The van der Waals surface area contributed by atoms with Gasteiger partial charge in [-0.3, -0.25) is 18.8 Å². The molecule has 0 spiro atoms. The van der Waals surface area contributed by atoms with Gasteiger partial charge in [-0.1, -0.05) is 30.3 Å². The van der Waals surface area contributed by atoms with Crippen LogP contribution >= 0.6 is 0 Å². The van der Waals surface area contributed by atoms with E-state index in [9.17, 15) is 22.4 Å². The predicted molar refractivity (Wildman–Crippen MR) is 233 cm³/mol. The topological polar surface area (TPSA) is 121 Å². The first-order valence-corrected chi connectivity index (χ1v) is 22.2. The van der Waals surface area contributed by atoms with Gasteiger partial charge >= 0.3 is 0 Å². The molecule has 3 N–H and O–H groups in total. The van der Waals surface area contributed by atoms with Gasteiger partial charge in [-0.05, 0) is 111 Å². The second-order valence-electron chi connectivity index (χ2n) is 19.2. The molecule has 6 aromatic rings. The Bertz CT molecular complexity index is 3250. The summed E-state index contributed by atoms with van der Waals surface area (Å²) in [5.74, 6) is -7.76. The van der Waals surface area contributed by atoms with E-state index in [0.717, 1.165) is 29.1 Å². The summed E-state index contributed by atoms with van der Waals surface area (Å²) in [4.78, 5) is 39.4. The Kier molecular flexibility index (Phi) is 9.47. The van der Waals surface area contributed by atoms with Crippen molar-refractivity contribution in [1.82, 2.24) is 29.6 Å². The molecule has 11 rings (SSSR count). The third kappa shape index (κ3) is 6.53. The first kappa shape index (κ1) is 43.3. The molecule has 3 unspecified atom stereocenters. The van der Waals surface area contributed by atoms with Gasteiger partial charge in [0.1, 0.15) is 17.5 Å². The molecular weight excluding hydrogens is 883 g/mol. The maximum Gasteiger partial charge on any atom is 0.292 e. The highest BCUT2D eigenvalue weighted by Crippen LogP contribution is 2.89. The monoisotopic (exact) mass is 925 g/mol. The van der Waals surface area contributed by atoms with Gasteiger partial charge in [0.2, 0.25) is 0 Å². The number of nitrogens with two attached hydrogens (primary N) is 1. The number of carbonyl (C=O) groups is 1. The first-order valence-electron chi connectivity index (χ1n) is 22.2. The molecule has 3 aromatic heterocycles. The average Bonchev–Trinajstić information content (AvgIpc) is 4.19. The number of benzene rings is 3. The fourth-order valence-electron chi connectivity index (χ4n) is 11.6. The molecule has 5 aliphatic rings. The van der Waals surface area contributed by atoms with Crippen LogP contribution < -0.4 is 16.6 Å². The quantitative estimate of drug-likeness (QED) is 0.105. The normalized spacial score (nSPS) is 25.9. The fraction of sp³-hybridized carbons (Fsp3) is 0.380. The van der Waals surface area contributed by atoms with Gasteiger partial charge in [-0.25, -0.2) is 36.3 Å². The maximum absolute atomic E-state index is 16.0. The van der Waals surface area contributed by atoms with Crippen LogP contribution in [0.4, 0.5) is 35.1 Å². The van der Waals surface area contributed by atoms with Crippen LogP contribution in [0.15, 0.2) is 94.4 Å². The van der Waals surface area contributed by atoms with Crippen molar-refractivity contribution in [2.75, 3.05) is 6.54 Å². The highest BCUT2D eigenvalue weighted by Gasteiger charge is 2.90. The van der Waals surface area contributed by atoms with Crippen LogP contribution in [-0.2, 0) is 23.7 Å². The summed E-state index contributed by atoms with van der Waals surface area (Å²) >= 11 is 0. The molecular formula is C50H43F8N7O2. The van der Waals surface area contributed by atoms with Crippen molar-refractivity contribution in [2.24, 2.45) is 36.0 Å². The molecule has 3 heterocycles. The molecule has 4 fully saturated rings. The molecule has 9 nitrogen and oxygen atoms in total. The first-order chi connectivity index (χ1) is 31.8. The number of allylic oxidation sites excluding steroid dienone is 2. The van der Waals surface area contributed by atoms with Gasteiger partial charge in [0.05, 0.1) is 51.7 Å². The van der Waals surface area contributed by atoms with Crippen LogP contribution in [0, 0.1) is 48.7 Å². The zero-order valence-electron chi connectivity index (χ0n) is 36.4. The van der Waals surface area contributed by atoms with Crippen LogP contribution in [0.25, 0.3) is 38.9 Å². The number of carbonyl (C=O) groups excluding carboxylic acids is 1. The minimum Gasteiger partial charge on any atom is -0.376 e. The predicted octanol–water partition coefficient (Wildman–Crippen LogP) is 9.44. The van der Waals surface area contributed by atoms with Crippen molar-refractivity contribution in [1.29, 1.82) is 0 Å². The molecule has 3 aromatic carbocycles. The number of alkyl halides is 6. The molecule has 5 atom stereocenters. The molecule has 5 aliphatic carbocycles. The van der Waals surface area contributed by atoms with Gasteiger partial charge in [-0.2, -0.15) is 13.9 Å². The smallest absolute Gasteiger partial charge is 0.292 e. The third-order valence-corrected chi connectivity index (χ3v) is 15.1. The van der Waals surface area contributed by atoms with Gasteiger partial charge in [0.15, 0.2) is 11.4 Å². The van der Waals surface area contributed by atoms with E-state index in [2.05, 4.69) is 10.4 Å². The number of nitrogens with one attached hydrogen (secondary N) is 1. The minimum atomic E-state index is -3.60. The van der Waals surface area contributed by atoms with E-state index in [0.29, 0.717) is 41.7 Å². The van der Waals surface area contributed by atoms with E-state index < -0.39 is 87.8 Å². The van der Waals surface area contributed by atoms with Crippen LogP contribution in [0.3, 0.4) is 0 Å². The number of rotatable bonds is 14. The Morgan fingerprint density at radius 2 is 1.70 bits per heavy atom. The van der Waals surface area contributed by atoms with Gasteiger partial charge in [0, 0.05) is 52.6 Å². The zero-order valence-corrected chi connectivity index (χ0v) is 36.4. The molecule has 0 saturated heterocycles. The van der Waals surface area contributed by atoms with Crippen molar-refractivity contribution in [3.8, 4) is 16.9 Å². The number of aromatic nitrogens is 5.